The standard InChI is InChI=1S/C20H24N2O5S/c1-12-9-17(13(2)22(12)14-7-8-28(26,27)11-14)18(23)10-21-19(24)15-5-3-4-6-16(15)20(21)25/h3-4,9,14-16H,5-8,10-11H2,1-2H3/t14-,15-,16+/m1/s1. The van der Waals surface area contributed by atoms with Crippen molar-refractivity contribution in [1.29, 1.82) is 0 Å². The highest BCUT2D eigenvalue weighted by atomic mass is 32.2. The van der Waals surface area contributed by atoms with Gasteiger partial charge in [-0.15, -0.1) is 0 Å². The molecule has 0 spiro atoms. The first-order valence-corrected chi connectivity index (χ1v) is 11.4. The zero-order valence-corrected chi connectivity index (χ0v) is 16.9. The van der Waals surface area contributed by atoms with E-state index in [1.165, 1.54) is 0 Å². The molecule has 2 aliphatic heterocycles. The number of likely N-dealkylation sites (tertiary alicyclic amines) is 1. The molecule has 1 aliphatic carbocycles. The average molecular weight is 404 g/mol. The number of imide groups is 1. The molecule has 2 amide bonds. The molecule has 4 rings (SSSR count). The lowest BCUT2D eigenvalue weighted by Gasteiger charge is -2.17. The van der Waals surface area contributed by atoms with E-state index >= 15 is 0 Å². The first-order chi connectivity index (χ1) is 13.2. The number of aryl methyl sites for hydroxylation is 1. The molecular weight excluding hydrogens is 380 g/mol. The fourth-order valence-electron chi connectivity index (χ4n) is 4.85. The summed E-state index contributed by atoms with van der Waals surface area (Å²) in [5.74, 6) is -1.26. The van der Waals surface area contributed by atoms with Crippen molar-refractivity contribution in [3.05, 3.63) is 35.2 Å². The highest BCUT2D eigenvalue weighted by molar-refractivity contribution is 7.91. The third-order valence-corrected chi connectivity index (χ3v) is 8.01. The number of amides is 2. The predicted molar refractivity (Wildman–Crippen MR) is 103 cm³/mol. The Balaban J connectivity index is 1.56. The number of fused-ring (bicyclic) bond motifs is 1. The van der Waals surface area contributed by atoms with E-state index in [0.29, 0.717) is 30.5 Å². The van der Waals surface area contributed by atoms with Crippen LogP contribution in [0, 0.1) is 25.7 Å². The van der Waals surface area contributed by atoms with Crippen LogP contribution in [-0.4, -0.2) is 53.5 Å². The zero-order chi connectivity index (χ0) is 20.2. The van der Waals surface area contributed by atoms with Gasteiger partial charge in [0.25, 0.3) is 0 Å². The molecule has 8 heteroatoms. The van der Waals surface area contributed by atoms with Crippen molar-refractivity contribution in [1.82, 2.24) is 9.47 Å². The fraction of sp³-hybridized carbons (Fsp3) is 0.550. The third-order valence-electron chi connectivity index (χ3n) is 6.26. The molecular formula is C20H24N2O5S. The monoisotopic (exact) mass is 404 g/mol. The van der Waals surface area contributed by atoms with Gasteiger partial charge in [-0.25, -0.2) is 8.42 Å². The molecule has 2 fully saturated rings. The van der Waals surface area contributed by atoms with Crippen LogP contribution in [0.3, 0.4) is 0 Å². The number of ketones is 1. The summed E-state index contributed by atoms with van der Waals surface area (Å²) < 4.78 is 25.6. The van der Waals surface area contributed by atoms with E-state index in [0.717, 1.165) is 10.6 Å². The molecule has 28 heavy (non-hydrogen) atoms. The Morgan fingerprint density at radius 3 is 2.25 bits per heavy atom. The highest BCUT2D eigenvalue weighted by Crippen LogP contribution is 2.35. The number of hydrogen-bond donors (Lipinski definition) is 0. The lowest BCUT2D eigenvalue weighted by molar-refractivity contribution is -0.139. The summed E-state index contributed by atoms with van der Waals surface area (Å²) in [4.78, 5) is 39.2. The van der Waals surface area contributed by atoms with Gasteiger partial charge in [-0.3, -0.25) is 19.3 Å². The molecule has 0 bridgehead atoms. The number of carbonyl (C=O) groups excluding carboxylic acids is 3. The van der Waals surface area contributed by atoms with E-state index in [2.05, 4.69) is 0 Å². The Labute approximate surface area is 164 Å². The molecule has 0 radical (unpaired) electrons. The van der Waals surface area contributed by atoms with Crippen molar-refractivity contribution in [2.24, 2.45) is 11.8 Å². The van der Waals surface area contributed by atoms with Gasteiger partial charge in [0.05, 0.1) is 29.9 Å². The second-order valence-corrected chi connectivity index (χ2v) is 10.3. The maximum atomic E-state index is 12.9. The maximum absolute atomic E-state index is 12.9. The van der Waals surface area contributed by atoms with Crippen molar-refractivity contribution in [3.8, 4) is 0 Å². The van der Waals surface area contributed by atoms with Crippen molar-refractivity contribution in [2.75, 3.05) is 18.1 Å². The summed E-state index contributed by atoms with van der Waals surface area (Å²) in [7, 11) is -3.04. The van der Waals surface area contributed by atoms with Crippen LogP contribution < -0.4 is 0 Å². The number of allylic oxidation sites excluding steroid dienone is 2. The summed E-state index contributed by atoms with van der Waals surface area (Å²) in [6, 6.07) is 1.57. The first kappa shape index (κ1) is 19.1. The van der Waals surface area contributed by atoms with E-state index in [9.17, 15) is 22.8 Å². The number of nitrogens with zero attached hydrogens (tertiary/aromatic N) is 2. The SMILES string of the molecule is Cc1cc(C(=O)CN2C(=O)[C@H]3CC=CC[C@H]3C2=O)c(C)n1[C@@H]1CCS(=O)(=O)C1. The second-order valence-electron chi connectivity index (χ2n) is 8.05. The van der Waals surface area contributed by atoms with Crippen LogP contribution in [0.4, 0.5) is 0 Å². The van der Waals surface area contributed by atoms with Gasteiger partial charge in [0.2, 0.25) is 11.8 Å². The van der Waals surface area contributed by atoms with Crippen molar-refractivity contribution < 1.29 is 22.8 Å². The molecule has 3 atom stereocenters. The predicted octanol–water partition coefficient (Wildman–Crippen LogP) is 1.60. The fourth-order valence-corrected chi connectivity index (χ4v) is 6.55. The number of Topliss-reactive ketones (excluding diaryl/α,β-unsaturated/α-hetero) is 1. The van der Waals surface area contributed by atoms with Gasteiger partial charge in [0.15, 0.2) is 15.6 Å². The Morgan fingerprint density at radius 1 is 1.11 bits per heavy atom. The van der Waals surface area contributed by atoms with Gasteiger partial charge >= 0.3 is 0 Å². The van der Waals surface area contributed by atoms with Crippen LogP contribution in [0.5, 0.6) is 0 Å². The second kappa shape index (κ2) is 6.69. The Hall–Kier alpha value is -2.22. The van der Waals surface area contributed by atoms with E-state index in [-0.39, 0.29) is 53.5 Å². The molecule has 0 N–H and O–H groups in total. The number of hydrogen-bond acceptors (Lipinski definition) is 5. The lowest BCUT2D eigenvalue weighted by atomic mass is 9.85. The summed E-state index contributed by atoms with van der Waals surface area (Å²) in [6.45, 7) is 3.39. The molecule has 7 nitrogen and oxygen atoms in total. The topological polar surface area (TPSA) is 93.5 Å². The Kier molecular flexibility index (Phi) is 4.56. The van der Waals surface area contributed by atoms with Gasteiger partial charge < -0.3 is 4.57 Å². The number of carbonyl (C=O) groups is 3. The maximum Gasteiger partial charge on any atom is 0.233 e. The van der Waals surface area contributed by atoms with Crippen LogP contribution in [0.1, 0.15) is 47.1 Å². The molecule has 150 valence electrons. The normalized spacial score (nSPS) is 28.8. The minimum Gasteiger partial charge on any atom is -0.344 e. The van der Waals surface area contributed by atoms with E-state index in [1.807, 2.05) is 23.6 Å². The smallest absolute Gasteiger partial charge is 0.233 e. The third kappa shape index (κ3) is 3.03. The lowest BCUT2D eigenvalue weighted by Crippen LogP contribution is -2.36. The molecule has 0 unspecified atom stereocenters. The molecule has 0 aromatic carbocycles. The van der Waals surface area contributed by atoms with Crippen molar-refractivity contribution >= 4 is 27.4 Å². The van der Waals surface area contributed by atoms with E-state index in [4.69, 9.17) is 0 Å². The van der Waals surface area contributed by atoms with E-state index < -0.39 is 9.84 Å². The van der Waals surface area contributed by atoms with Gasteiger partial charge in [-0.1, -0.05) is 12.2 Å². The molecule has 1 aromatic heterocycles. The van der Waals surface area contributed by atoms with Crippen LogP contribution in [0.15, 0.2) is 18.2 Å². The zero-order valence-electron chi connectivity index (χ0n) is 16.1. The number of aromatic nitrogens is 1. The minimum absolute atomic E-state index is 0.0798. The quantitative estimate of drug-likeness (QED) is 0.432. The van der Waals surface area contributed by atoms with Crippen LogP contribution in [0.25, 0.3) is 0 Å². The van der Waals surface area contributed by atoms with Gasteiger partial charge in [0, 0.05) is 23.0 Å². The average Bonchev–Trinajstić information content (AvgIpc) is 3.23. The first-order valence-electron chi connectivity index (χ1n) is 9.62. The van der Waals surface area contributed by atoms with Crippen molar-refractivity contribution in [3.63, 3.8) is 0 Å². The summed E-state index contributed by atoms with van der Waals surface area (Å²) in [6.07, 6.45) is 5.46. The summed E-state index contributed by atoms with van der Waals surface area (Å²) in [5.41, 5.74) is 1.97. The highest BCUT2D eigenvalue weighted by Gasteiger charge is 2.47. The number of sulfone groups is 1. The molecule has 2 saturated heterocycles. The molecule has 3 aliphatic rings. The van der Waals surface area contributed by atoms with Crippen LogP contribution in [0.2, 0.25) is 0 Å². The van der Waals surface area contributed by atoms with Crippen molar-refractivity contribution in [2.45, 2.75) is 39.2 Å². The Bertz CT molecular complexity index is 978. The van der Waals surface area contributed by atoms with Gasteiger partial charge in [-0.2, -0.15) is 0 Å². The minimum atomic E-state index is -3.04. The van der Waals surface area contributed by atoms with E-state index in [1.54, 1.807) is 13.0 Å². The summed E-state index contributed by atoms with van der Waals surface area (Å²) in [5, 5.41) is 0. The Morgan fingerprint density at radius 2 is 1.71 bits per heavy atom. The molecule has 3 heterocycles. The van der Waals surface area contributed by atoms with Gasteiger partial charge in [0.1, 0.15) is 0 Å². The largest absolute Gasteiger partial charge is 0.344 e. The van der Waals surface area contributed by atoms with Gasteiger partial charge in [-0.05, 0) is 39.2 Å². The summed E-state index contributed by atoms with van der Waals surface area (Å²) >= 11 is 0. The molecule has 1 aromatic rings. The molecule has 0 saturated carbocycles. The van der Waals surface area contributed by atoms with Crippen LogP contribution in [-0.2, 0) is 19.4 Å². The number of rotatable bonds is 4. The van der Waals surface area contributed by atoms with Crippen LogP contribution >= 0.6 is 0 Å².